The Balaban J connectivity index is 1.61. The molecule has 20 heavy (non-hydrogen) atoms. The molecule has 0 bridgehead atoms. The first-order valence-corrected chi connectivity index (χ1v) is 7.01. The molecule has 6 nitrogen and oxygen atoms in total. The zero-order valence-corrected chi connectivity index (χ0v) is 11.5. The molecule has 0 unspecified atom stereocenters. The Kier molecular flexibility index (Phi) is 5.76. The molecule has 1 aliphatic rings. The van der Waals surface area contributed by atoms with Crippen LogP contribution in [-0.4, -0.2) is 48.3 Å². The lowest BCUT2D eigenvalue weighted by Crippen LogP contribution is -2.33. The Hall–Kier alpha value is -1.66. The monoisotopic (exact) mass is 279 g/mol. The summed E-state index contributed by atoms with van der Waals surface area (Å²) in [4.78, 5) is 15.5. The Morgan fingerprint density at radius 3 is 3.05 bits per heavy atom. The number of carbonyl (C=O) groups is 1. The molecule has 1 amide bonds. The number of aromatic nitrogens is 1. The van der Waals surface area contributed by atoms with E-state index in [1.165, 1.54) is 18.5 Å². The number of hydrogen-bond acceptors (Lipinski definition) is 5. The molecule has 2 rings (SSSR count). The Bertz CT molecular complexity index is 433. The van der Waals surface area contributed by atoms with Crippen molar-refractivity contribution in [3.8, 4) is 5.75 Å². The summed E-state index contributed by atoms with van der Waals surface area (Å²) in [6, 6.07) is 1.50. The summed E-state index contributed by atoms with van der Waals surface area (Å²) in [5, 5.41) is 15.5. The first-order chi connectivity index (χ1) is 9.77. The summed E-state index contributed by atoms with van der Waals surface area (Å²) in [5.74, 6) is -0.386. The van der Waals surface area contributed by atoms with Crippen molar-refractivity contribution < 1.29 is 14.6 Å². The molecular weight excluding hydrogens is 258 g/mol. The highest BCUT2D eigenvalue weighted by Gasteiger charge is 2.13. The average molecular weight is 279 g/mol. The number of amides is 1. The largest absolute Gasteiger partial charge is 0.505 e. The van der Waals surface area contributed by atoms with E-state index in [2.05, 4.69) is 15.6 Å². The van der Waals surface area contributed by atoms with Gasteiger partial charge < -0.3 is 20.5 Å². The van der Waals surface area contributed by atoms with Crippen LogP contribution in [0, 0.1) is 0 Å². The zero-order chi connectivity index (χ0) is 14.2. The summed E-state index contributed by atoms with van der Waals surface area (Å²) >= 11 is 0. The van der Waals surface area contributed by atoms with Crippen LogP contribution in [-0.2, 0) is 4.74 Å². The average Bonchev–Trinajstić information content (AvgIpc) is 2.48. The summed E-state index contributed by atoms with van der Waals surface area (Å²) in [6.07, 6.45) is 5.95. The van der Waals surface area contributed by atoms with Crippen LogP contribution in [0.4, 0.5) is 0 Å². The maximum atomic E-state index is 11.8. The van der Waals surface area contributed by atoms with Crippen molar-refractivity contribution in [1.82, 2.24) is 15.6 Å². The summed E-state index contributed by atoms with van der Waals surface area (Å²) in [6.45, 7) is 3.21. The Morgan fingerprint density at radius 1 is 1.50 bits per heavy atom. The van der Waals surface area contributed by atoms with Gasteiger partial charge in [-0.05, 0) is 38.4 Å². The molecular formula is C14H21N3O3. The van der Waals surface area contributed by atoms with Crippen LogP contribution in [0.1, 0.15) is 29.6 Å². The maximum Gasteiger partial charge on any atom is 0.255 e. The number of nitrogens with one attached hydrogen (secondary N) is 2. The van der Waals surface area contributed by atoms with E-state index in [4.69, 9.17) is 4.74 Å². The van der Waals surface area contributed by atoms with E-state index in [-0.39, 0.29) is 17.2 Å². The van der Waals surface area contributed by atoms with Gasteiger partial charge in [-0.15, -0.1) is 0 Å². The van der Waals surface area contributed by atoms with Crippen LogP contribution in [0.5, 0.6) is 5.75 Å². The summed E-state index contributed by atoms with van der Waals surface area (Å²) < 4.78 is 5.74. The van der Waals surface area contributed by atoms with Crippen LogP contribution in [0.15, 0.2) is 18.5 Å². The van der Waals surface area contributed by atoms with Gasteiger partial charge in [0.1, 0.15) is 5.75 Å². The quantitative estimate of drug-likeness (QED) is 0.667. The van der Waals surface area contributed by atoms with Crippen LogP contribution < -0.4 is 10.6 Å². The fourth-order valence-electron chi connectivity index (χ4n) is 2.16. The number of nitrogens with zero attached hydrogens (tertiary/aromatic N) is 1. The molecule has 1 aromatic heterocycles. The normalized spacial score (nSPS) is 16.0. The molecule has 1 fully saturated rings. The van der Waals surface area contributed by atoms with Crippen LogP contribution in [0.25, 0.3) is 0 Å². The van der Waals surface area contributed by atoms with Crippen molar-refractivity contribution in [3.63, 3.8) is 0 Å². The van der Waals surface area contributed by atoms with E-state index >= 15 is 0 Å². The van der Waals surface area contributed by atoms with Gasteiger partial charge in [0.25, 0.3) is 5.91 Å². The first-order valence-electron chi connectivity index (χ1n) is 7.01. The lowest BCUT2D eigenvalue weighted by Gasteiger charge is -2.22. The number of ether oxygens (including phenoxy) is 1. The van der Waals surface area contributed by atoms with Gasteiger partial charge in [0, 0.05) is 19.3 Å². The fourth-order valence-corrected chi connectivity index (χ4v) is 2.16. The minimum absolute atomic E-state index is 0.101. The fraction of sp³-hybridized carbons (Fsp3) is 0.571. The second-order valence-corrected chi connectivity index (χ2v) is 4.82. The molecule has 0 aromatic carbocycles. The predicted octanol–water partition coefficient (Wildman–Crippen LogP) is 0.676. The highest BCUT2D eigenvalue weighted by Crippen LogP contribution is 2.13. The standard InChI is InChI=1S/C14H21N3O3/c18-13-10-16-8-4-12(13)14(19)17-5-1-9-20-11-2-6-15-7-3-11/h4,8,10-11,15,18H,1-3,5-7,9H2,(H,17,19). The van der Waals surface area contributed by atoms with E-state index in [1.807, 2.05) is 0 Å². The van der Waals surface area contributed by atoms with E-state index in [0.29, 0.717) is 19.3 Å². The molecule has 0 radical (unpaired) electrons. The lowest BCUT2D eigenvalue weighted by molar-refractivity contribution is 0.0318. The van der Waals surface area contributed by atoms with Gasteiger partial charge in [-0.25, -0.2) is 0 Å². The van der Waals surface area contributed by atoms with Gasteiger partial charge in [-0.1, -0.05) is 0 Å². The third kappa shape index (κ3) is 4.47. The van der Waals surface area contributed by atoms with Crippen molar-refractivity contribution in [2.45, 2.75) is 25.4 Å². The van der Waals surface area contributed by atoms with Crippen LogP contribution in [0.2, 0.25) is 0 Å². The van der Waals surface area contributed by atoms with E-state index < -0.39 is 0 Å². The van der Waals surface area contributed by atoms with Crippen LogP contribution in [0.3, 0.4) is 0 Å². The number of rotatable bonds is 6. The number of pyridine rings is 1. The first kappa shape index (κ1) is 14.7. The van der Waals surface area contributed by atoms with E-state index in [1.54, 1.807) is 0 Å². The Morgan fingerprint density at radius 2 is 2.30 bits per heavy atom. The van der Waals surface area contributed by atoms with Gasteiger partial charge in [0.05, 0.1) is 17.9 Å². The SMILES string of the molecule is O=C(NCCCOC1CCNCC1)c1ccncc1O. The van der Waals surface area contributed by atoms with Gasteiger partial charge in [-0.3, -0.25) is 9.78 Å². The molecule has 0 spiro atoms. The molecule has 110 valence electrons. The number of piperidine rings is 1. The van der Waals surface area contributed by atoms with Crippen molar-refractivity contribution >= 4 is 5.91 Å². The highest BCUT2D eigenvalue weighted by molar-refractivity contribution is 5.96. The van der Waals surface area contributed by atoms with Gasteiger partial charge in [0.15, 0.2) is 0 Å². The minimum atomic E-state index is -0.285. The van der Waals surface area contributed by atoms with Crippen molar-refractivity contribution in [2.75, 3.05) is 26.2 Å². The number of hydrogen-bond donors (Lipinski definition) is 3. The predicted molar refractivity (Wildman–Crippen MR) is 74.7 cm³/mol. The van der Waals surface area contributed by atoms with Gasteiger partial charge in [-0.2, -0.15) is 0 Å². The highest BCUT2D eigenvalue weighted by atomic mass is 16.5. The zero-order valence-electron chi connectivity index (χ0n) is 11.5. The molecule has 0 saturated carbocycles. The molecule has 0 aliphatic carbocycles. The molecule has 3 N–H and O–H groups in total. The van der Waals surface area contributed by atoms with Crippen molar-refractivity contribution in [2.24, 2.45) is 0 Å². The second kappa shape index (κ2) is 7.81. The Labute approximate surface area is 118 Å². The maximum absolute atomic E-state index is 11.8. The third-order valence-corrected chi connectivity index (χ3v) is 3.29. The molecule has 0 atom stereocenters. The number of carbonyl (C=O) groups excluding carboxylic acids is 1. The molecule has 2 heterocycles. The van der Waals surface area contributed by atoms with Gasteiger partial charge >= 0.3 is 0 Å². The molecule has 1 aliphatic heterocycles. The minimum Gasteiger partial charge on any atom is -0.505 e. The second-order valence-electron chi connectivity index (χ2n) is 4.82. The van der Waals surface area contributed by atoms with Gasteiger partial charge in [0.2, 0.25) is 0 Å². The lowest BCUT2D eigenvalue weighted by atomic mass is 10.1. The molecule has 6 heteroatoms. The molecule has 1 saturated heterocycles. The summed E-state index contributed by atoms with van der Waals surface area (Å²) in [7, 11) is 0. The van der Waals surface area contributed by atoms with E-state index in [9.17, 15) is 9.90 Å². The van der Waals surface area contributed by atoms with Crippen LogP contribution >= 0.6 is 0 Å². The third-order valence-electron chi connectivity index (χ3n) is 3.29. The summed E-state index contributed by atoms with van der Waals surface area (Å²) in [5.41, 5.74) is 0.249. The molecule has 1 aromatic rings. The topological polar surface area (TPSA) is 83.5 Å². The van der Waals surface area contributed by atoms with Crippen molar-refractivity contribution in [3.05, 3.63) is 24.0 Å². The van der Waals surface area contributed by atoms with Crippen molar-refractivity contribution in [1.29, 1.82) is 0 Å². The van der Waals surface area contributed by atoms with E-state index in [0.717, 1.165) is 32.4 Å². The number of aromatic hydroxyl groups is 1. The smallest absolute Gasteiger partial charge is 0.255 e.